The molecule has 1 aromatic carbocycles. The smallest absolute Gasteiger partial charge is 0.0772 e. The molecule has 1 aliphatic carbocycles. The highest BCUT2D eigenvalue weighted by Gasteiger charge is 2.32. The Morgan fingerprint density at radius 3 is 2.35 bits per heavy atom. The Labute approximate surface area is 123 Å². The van der Waals surface area contributed by atoms with Gasteiger partial charge < -0.3 is 10.4 Å². The molecule has 1 saturated carbocycles. The van der Waals surface area contributed by atoms with Crippen molar-refractivity contribution in [1.82, 2.24) is 5.32 Å². The normalized spacial score (nSPS) is 28.6. The molecule has 0 spiro atoms. The van der Waals surface area contributed by atoms with Crippen molar-refractivity contribution in [2.45, 2.75) is 58.1 Å². The summed E-state index contributed by atoms with van der Waals surface area (Å²) in [5, 5.41) is 14.3. The van der Waals surface area contributed by atoms with Crippen molar-refractivity contribution in [2.24, 2.45) is 11.8 Å². The van der Waals surface area contributed by atoms with Crippen molar-refractivity contribution in [1.29, 1.82) is 0 Å². The molecule has 0 heterocycles. The Balaban J connectivity index is 1.96. The summed E-state index contributed by atoms with van der Waals surface area (Å²) in [4.78, 5) is 0. The third kappa shape index (κ3) is 4.07. The molecule has 2 heteroatoms. The van der Waals surface area contributed by atoms with Crippen LogP contribution in [-0.2, 0) is 0 Å². The molecule has 0 bridgehead atoms. The average molecular weight is 275 g/mol. The van der Waals surface area contributed by atoms with Gasteiger partial charge in [-0.3, -0.25) is 0 Å². The molecule has 0 saturated heterocycles. The van der Waals surface area contributed by atoms with Gasteiger partial charge in [0.25, 0.3) is 0 Å². The Bertz CT molecular complexity index is 393. The van der Waals surface area contributed by atoms with E-state index >= 15 is 0 Å². The molecule has 1 aliphatic rings. The monoisotopic (exact) mass is 275 g/mol. The first-order valence-corrected chi connectivity index (χ1v) is 8.01. The second-order valence-electron chi connectivity index (χ2n) is 6.92. The molecule has 1 atom stereocenters. The standard InChI is InChI=1S/C18H29NO/c1-14(2)17(16-7-5-4-6-8-16)19-13-18(20)11-9-15(3)10-12-18/h4-8,14-15,17,19-20H,9-13H2,1-3H3. The molecule has 1 unspecified atom stereocenters. The Morgan fingerprint density at radius 1 is 1.20 bits per heavy atom. The lowest BCUT2D eigenvalue weighted by atomic mass is 9.79. The number of benzene rings is 1. The van der Waals surface area contributed by atoms with Crippen LogP contribution in [0, 0.1) is 11.8 Å². The summed E-state index contributed by atoms with van der Waals surface area (Å²) in [6, 6.07) is 10.9. The minimum absolute atomic E-state index is 0.319. The van der Waals surface area contributed by atoms with Gasteiger partial charge in [-0.2, -0.15) is 0 Å². The maximum absolute atomic E-state index is 10.7. The van der Waals surface area contributed by atoms with Gasteiger partial charge in [0, 0.05) is 12.6 Å². The Hall–Kier alpha value is -0.860. The summed E-state index contributed by atoms with van der Waals surface area (Å²) in [7, 11) is 0. The van der Waals surface area contributed by atoms with Crippen LogP contribution in [0.4, 0.5) is 0 Å². The van der Waals surface area contributed by atoms with Crippen LogP contribution < -0.4 is 5.32 Å². The molecule has 2 nitrogen and oxygen atoms in total. The zero-order valence-electron chi connectivity index (χ0n) is 13.1. The van der Waals surface area contributed by atoms with Crippen LogP contribution in [0.1, 0.15) is 58.1 Å². The Kier molecular flexibility index (Phi) is 5.22. The van der Waals surface area contributed by atoms with E-state index < -0.39 is 5.60 Å². The third-order valence-corrected chi connectivity index (χ3v) is 4.68. The quantitative estimate of drug-likeness (QED) is 0.854. The van der Waals surface area contributed by atoms with Crippen molar-refractivity contribution >= 4 is 0 Å². The van der Waals surface area contributed by atoms with E-state index in [-0.39, 0.29) is 0 Å². The molecule has 20 heavy (non-hydrogen) atoms. The molecule has 1 aromatic rings. The lowest BCUT2D eigenvalue weighted by Crippen LogP contribution is -2.45. The van der Waals surface area contributed by atoms with Gasteiger partial charge in [0.05, 0.1) is 5.60 Å². The summed E-state index contributed by atoms with van der Waals surface area (Å²) < 4.78 is 0. The van der Waals surface area contributed by atoms with E-state index in [1.807, 2.05) is 0 Å². The van der Waals surface area contributed by atoms with Crippen molar-refractivity contribution < 1.29 is 5.11 Å². The number of hydrogen-bond donors (Lipinski definition) is 2. The molecular weight excluding hydrogens is 246 g/mol. The summed E-state index contributed by atoms with van der Waals surface area (Å²) in [5.41, 5.74) is 0.810. The first kappa shape index (κ1) is 15.5. The summed E-state index contributed by atoms with van der Waals surface area (Å²) in [6.45, 7) is 7.46. The van der Waals surface area contributed by atoms with Crippen LogP contribution >= 0.6 is 0 Å². The van der Waals surface area contributed by atoms with Crippen LogP contribution in [0.2, 0.25) is 0 Å². The SMILES string of the molecule is CC1CCC(O)(CNC(c2ccccc2)C(C)C)CC1. The van der Waals surface area contributed by atoms with Crippen LogP contribution in [0.3, 0.4) is 0 Å². The maximum Gasteiger partial charge on any atom is 0.0772 e. The summed E-state index contributed by atoms with van der Waals surface area (Å²) in [6.07, 6.45) is 4.16. The van der Waals surface area contributed by atoms with Gasteiger partial charge in [-0.1, -0.05) is 51.1 Å². The van der Waals surface area contributed by atoms with E-state index in [9.17, 15) is 5.11 Å². The van der Waals surface area contributed by atoms with E-state index in [2.05, 4.69) is 56.4 Å². The highest BCUT2D eigenvalue weighted by atomic mass is 16.3. The fourth-order valence-electron chi connectivity index (χ4n) is 3.18. The molecule has 112 valence electrons. The lowest BCUT2D eigenvalue weighted by Gasteiger charge is -2.37. The van der Waals surface area contributed by atoms with Crippen molar-refractivity contribution in [3.05, 3.63) is 35.9 Å². The van der Waals surface area contributed by atoms with E-state index in [0.717, 1.165) is 31.6 Å². The van der Waals surface area contributed by atoms with Crippen LogP contribution in [0.5, 0.6) is 0 Å². The second kappa shape index (κ2) is 6.73. The first-order valence-electron chi connectivity index (χ1n) is 8.01. The predicted octanol–water partition coefficient (Wildman–Crippen LogP) is 3.91. The maximum atomic E-state index is 10.7. The highest BCUT2D eigenvalue weighted by molar-refractivity contribution is 5.19. The summed E-state index contributed by atoms with van der Waals surface area (Å²) in [5.74, 6) is 1.29. The molecule has 0 radical (unpaired) electrons. The van der Waals surface area contributed by atoms with Gasteiger partial charge in [-0.25, -0.2) is 0 Å². The predicted molar refractivity (Wildman–Crippen MR) is 84.6 cm³/mol. The van der Waals surface area contributed by atoms with Crippen molar-refractivity contribution in [3.8, 4) is 0 Å². The second-order valence-corrected chi connectivity index (χ2v) is 6.92. The van der Waals surface area contributed by atoms with Gasteiger partial charge in [0.2, 0.25) is 0 Å². The molecule has 0 amide bonds. The molecule has 2 N–H and O–H groups in total. The van der Waals surface area contributed by atoms with E-state index in [1.165, 1.54) is 5.56 Å². The van der Waals surface area contributed by atoms with Gasteiger partial charge in [0.15, 0.2) is 0 Å². The van der Waals surface area contributed by atoms with Gasteiger partial charge in [0.1, 0.15) is 0 Å². The number of aliphatic hydroxyl groups is 1. The molecule has 1 fully saturated rings. The van der Waals surface area contributed by atoms with Crippen molar-refractivity contribution in [3.63, 3.8) is 0 Å². The zero-order chi connectivity index (χ0) is 14.6. The third-order valence-electron chi connectivity index (χ3n) is 4.68. The van der Waals surface area contributed by atoms with Gasteiger partial charge >= 0.3 is 0 Å². The molecule has 0 aliphatic heterocycles. The topological polar surface area (TPSA) is 32.3 Å². The number of rotatable bonds is 5. The highest BCUT2D eigenvalue weighted by Crippen LogP contribution is 2.32. The van der Waals surface area contributed by atoms with Crippen LogP contribution in [0.25, 0.3) is 0 Å². The summed E-state index contributed by atoms with van der Waals surface area (Å²) >= 11 is 0. The molecular formula is C18H29NO. The lowest BCUT2D eigenvalue weighted by molar-refractivity contribution is -0.00931. The fourth-order valence-corrected chi connectivity index (χ4v) is 3.18. The average Bonchev–Trinajstić information content (AvgIpc) is 2.44. The zero-order valence-corrected chi connectivity index (χ0v) is 13.1. The Morgan fingerprint density at radius 2 is 1.80 bits per heavy atom. The first-order chi connectivity index (χ1) is 9.50. The van der Waals surface area contributed by atoms with E-state index in [4.69, 9.17) is 0 Å². The minimum Gasteiger partial charge on any atom is -0.389 e. The van der Waals surface area contributed by atoms with Crippen LogP contribution in [0.15, 0.2) is 30.3 Å². The van der Waals surface area contributed by atoms with Gasteiger partial charge in [-0.05, 0) is 43.1 Å². The largest absolute Gasteiger partial charge is 0.389 e. The van der Waals surface area contributed by atoms with E-state index in [0.29, 0.717) is 18.5 Å². The van der Waals surface area contributed by atoms with E-state index in [1.54, 1.807) is 0 Å². The molecule has 0 aromatic heterocycles. The van der Waals surface area contributed by atoms with Gasteiger partial charge in [-0.15, -0.1) is 0 Å². The molecule has 2 rings (SSSR count). The van der Waals surface area contributed by atoms with Crippen molar-refractivity contribution in [2.75, 3.05) is 6.54 Å². The minimum atomic E-state index is -0.506. The number of hydrogen-bond acceptors (Lipinski definition) is 2. The van der Waals surface area contributed by atoms with Crippen LogP contribution in [-0.4, -0.2) is 17.3 Å². The number of nitrogens with one attached hydrogen (secondary N) is 1. The fraction of sp³-hybridized carbons (Fsp3) is 0.667.